The van der Waals surface area contributed by atoms with Gasteiger partial charge in [0.2, 0.25) is 0 Å². The fraction of sp³-hybridized carbons (Fsp3) is 0.400. The van der Waals surface area contributed by atoms with Gasteiger partial charge in [-0.25, -0.2) is 4.98 Å². The average molecular weight is 369 g/mol. The Morgan fingerprint density at radius 1 is 1.15 bits per heavy atom. The summed E-state index contributed by atoms with van der Waals surface area (Å²) in [5.74, 6) is 0. The van der Waals surface area contributed by atoms with Crippen molar-refractivity contribution >= 4 is 17.6 Å². The molecule has 3 aromatic heterocycles. The summed E-state index contributed by atoms with van der Waals surface area (Å²) in [6.45, 7) is 1.86. The third-order valence-corrected chi connectivity index (χ3v) is 6.07. The Hall–Kier alpha value is -2.05. The van der Waals surface area contributed by atoms with Crippen molar-refractivity contribution in [2.45, 2.75) is 50.1 Å². The lowest BCUT2D eigenvalue weighted by Crippen LogP contribution is -2.25. The molecule has 0 saturated heterocycles. The zero-order valence-corrected chi connectivity index (χ0v) is 16.1. The van der Waals surface area contributed by atoms with Gasteiger partial charge in [-0.2, -0.15) is 0 Å². The van der Waals surface area contributed by atoms with Crippen molar-refractivity contribution < 1.29 is 0 Å². The van der Waals surface area contributed by atoms with Crippen LogP contribution in [0.25, 0.3) is 16.8 Å². The molecular formula is C20H24N4OS. The van der Waals surface area contributed by atoms with Gasteiger partial charge in [-0.3, -0.25) is 13.9 Å². The molecule has 1 saturated carbocycles. The maximum atomic E-state index is 11.9. The molecule has 6 heteroatoms. The second-order valence-electron chi connectivity index (χ2n) is 7.13. The average Bonchev–Trinajstić information content (AvgIpc) is 3.07. The van der Waals surface area contributed by atoms with Crippen molar-refractivity contribution in [2.75, 3.05) is 0 Å². The Morgan fingerprint density at radius 3 is 2.73 bits per heavy atom. The van der Waals surface area contributed by atoms with E-state index in [-0.39, 0.29) is 5.56 Å². The Morgan fingerprint density at radius 2 is 1.96 bits per heavy atom. The zero-order chi connectivity index (χ0) is 18.1. The highest BCUT2D eigenvalue weighted by Crippen LogP contribution is 2.25. The Kier molecular flexibility index (Phi) is 4.87. The number of aryl methyl sites for hydroxylation is 2. The van der Waals surface area contributed by atoms with Crippen LogP contribution in [-0.4, -0.2) is 20.0 Å². The molecule has 1 fully saturated rings. The SMILES string of the molecule is Cc1cc(-c2ccc3ncc(SNC4CCCCC4)n3c2)cn(C)c1=O. The van der Waals surface area contributed by atoms with E-state index in [2.05, 4.69) is 26.4 Å². The summed E-state index contributed by atoms with van der Waals surface area (Å²) in [4.78, 5) is 16.5. The lowest BCUT2D eigenvalue weighted by atomic mass is 9.96. The van der Waals surface area contributed by atoms with Crippen molar-refractivity contribution in [1.29, 1.82) is 0 Å². The topological polar surface area (TPSA) is 51.3 Å². The first-order valence-electron chi connectivity index (χ1n) is 9.19. The van der Waals surface area contributed by atoms with E-state index >= 15 is 0 Å². The molecule has 0 radical (unpaired) electrons. The summed E-state index contributed by atoms with van der Waals surface area (Å²) in [5, 5.41) is 1.09. The summed E-state index contributed by atoms with van der Waals surface area (Å²) in [6.07, 6.45) is 12.4. The summed E-state index contributed by atoms with van der Waals surface area (Å²) >= 11 is 1.67. The normalized spacial score (nSPS) is 15.6. The van der Waals surface area contributed by atoms with Crippen LogP contribution in [0.2, 0.25) is 0 Å². The maximum absolute atomic E-state index is 11.9. The van der Waals surface area contributed by atoms with Gasteiger partial charge in [0.1, 0.15) is 10.7 Å². The Balaban J connectivity index is 1.63. The fourth-order valence-corrected chi connectivity index (χ4v) is 4.48. The van der Waals surface area contributed by atoms with Crippen molar-refractivity contribution in [3.8, 4) is 11.1 Å². The molecule has 26 heavy (non-hydrogen) atoms. The van der Waals surface area contributed by atoms with Gasteiger partial charge in [-0.1, -0.05) is 19.3 Å². The second kappa shape index (κ2) is 7.29. The molecular weight excluding hydrogens is 344 g/mol. The molecule has 5 nitrogen and oxygen atoms in total. The number of nitrogens with zero attached hydrogens (tertiary/aromatic N) is 3. The van der Waals surface area contributed by atoms with Crippen LogP contribution in [0.3, 0.4) is 0 Å². The molecule has 1 N–H and O–H groups in total. The summed E-state index contributed by atoms with van der Waals surface area (Å²) in [6, 6.07) is 6.63. The van der Waals surface area contributed by atoms with Gasteiger partial charge in [-0.05, 0) is 61.0 Å². The van der Waals surface area contributed by atoms with Gasteiger partial charge in [0, 0.05) is 31.0 Å². The van der Waals surface area contributed by atoms with Crippen molar-refractivity contribution in [3.05, 3.63) is 52.7 Å². The van der Waals surface area contributed by atoms with Crippen LogP contribution in [-0.2, 0) is 7.05 Å². The Bertz CT molecular complexity index is 959. The molecule has 136 valence electrons. The predicted molar refractivity (Wildman–Crippen MR) is 106 cm³/mol. The number of hydrogen-bond acceptors (Lipinski definition) is 4. The van der Waals surface area contributed by atoms with Crippen LogP contribution < -0.4 is 10.3 Å². The number of pyridine rings is 2. The summed E-state index contributed by atoms with van der Waals surface area (Å²) in [5.41, 5.74) is 3.85. The molecule has 0 amide bonds. The highest BCUT2D eigenvalue weighted by atomic mass is 32.2. The molecule has 4 rings (SSSR count). The molecule has 0 aromatic carbocycles. The molecule has 1 aliphatic carbocycles. The van der Waals surface area contributed by atoms with Crippen LogP contribution in [0.4, 0.5) is 0 Å². The molecule has 3 aromatic rings. The number of rotatable bonds is 4. The standard InChI is InChI=1S/C20H24N4OS/c1-14-10-16(12-23(2)20(14)25)15-8-9-18-21-11-19(24(18)13-15)26-22-17-6-4-3-5-7-17/h8-13,17,22H,3-7H2,1-2H3. The summed E-state index contributed by atoms with van der Waals surface area (Å²) < 4.78 is 7.37. The van der Waals surface area contributed by atoms with E-state index in [4.69, 9.17) is 0 Å². The fourth-order valence-electron chi connectivity index (χ4n) is 3.60. The third kappa shape index (κ3) is 3.44. The molecule has 0 spiro atoms. The van der Waals surface area contributed by atoms with Crippen molar-refractivity contribution in [3.63, 3.8) is 0 Å². The lowest BCUT2D eigenvalue weighted by Gasteiger charge is -2.21. The molecule has 0 atom stereocenters. The maximum Gasteiger partial charge on any atom is 0.253 e. The van der Waals surface area contributed by atoms with Crippen LogP contribution in [0, 0.1) is 6.92 Å². The van der Waals surface area contributed by atoms with Gasteiger partial charge in [0.05, 0.1) is 6.20 Å². The Labute approximate surface area is 157 Å². The number of fused-ring (bicyclic) bond motifs is 1. The first kappa shape index (κ1) is 17.4. The number of imidazole rings is 1. The van der Waals surface area contributed by atoms with E-state index < -0.39 is 0 Å². The first-order valence-corrected chi connectivity index (χ1v) is 10.0. The highest BCUT2D eigenvalue weighted by Gasteiger charge is 2.14. The number of nitrogens with one attached hydrogen (secondary N) is 1. The minimum absolute atomic E-state index is 0.0467. The minimum atomic E-state index is 0.0467. The van der Waals surface area contributed by atoms with E-state index in [9.17, 15) is 4.79 Å². The van der Waals surface area contributed by atoms with Gasteiger partial charge in [-0.15, -0.1) is 0 Å². The van der Waals surface area contributed by atoms with Gasteiger partial charge < -0.3 is 4.57 Å². The van der Waals surface area contributed by atoms with Gasteiger partial charge in [0.25, 0.3) is 5.56 Å². The van der Waals surface area contributed by atoms with E-state index in [0.717, 1.165) is 27.4 Å². The van der Waals surface area contributed by atoms with Gasteiger partial charge in [0.15, 0.2) is 0 Å². The summed E-state index contributed by atoms with van der Waals surface area (Å²) in [7, 11) is 1.80. The van der Waals surface area contributed by atoms with E-state index in [1.54, 1.807) is 23.6 Å². The molecule has 3 heterocycles. The smallest absolute Gasteiger partial charge is 0.253 e. The van der Waals surface area contributed by atoms with Crippen molar-refractivity contribution in [1.82, 2.24) is 18.7 Å². The van der Waals surface area contributed by atoms with E-state index in [0.29, 0.717) is 6.04 Å². The number of hydrogen-bond donors (Lipinski definition) is 1. The minimum Gasteiger partial charge on any atom is -0.318 e. The first-order chi connectivity index (χ1) is 12.6. The monoisotopic (exact) mass is 368 g/mol. The van der Waals surface area contributed by atoms with Crippen LogP contribution in [0.1, 0.15) is 37.7 Å². The quantitative estimate of drug-likeness (QED) is 0.709. The molecule has 0 bridgehead atoms. The van der Waals surface area contributed by atoms with Gasteiger partial charge >= 0.3 is 0 Å². The van der Waals surface area contributed by atoms with E-state index in [1.807, 2.05) is 31.5 Å². The number of aromatic nitrogens is 3. The lowest BCUT2D eigenvalue weighted by molar-refractivity contribution is 0.423. The van der Waals surface area contributed by atoms with E-state index in [1.165, 1.54) is 32.1 Å². The van der Waals surface area contributed by atoms with Crippen LogP contribution in [0.15, 0.2) is 46.6 Å². The highest BCUT2D eigenvalue weighted by molar-refractivity contribution is 7.97. The zero-order valence-electron chi connectivity index (χ0n) is 15.2. The molecule has 0 unspecified atom stereocenters. The van der Waals surface area contributed by atoms with Crippen LogP contribution in [0.5, 0.6) is 0 Å². The van der Waals surface area contributed by atoms with Crippen LogP contribution >= 0.6 is 11.9 Å². The largest absolute Gasteiger partial charge is 0.318 e. The molecule has 0 aliphatic heterocycles. The van der Waals surface area contributed by atoms with Crippen molar-refractivity contribution in [2.24, 2.45) is 7.05 Å². The molecule has 1 aliphatic rings. The third-order valence-electron chi connectivity index (χ3n) is 5.10. The second-order valence-corrected chi connectivity index (χ2v) is 7.98. The predicted octanol–water partition coefficient (Wildman–Crippen LogP) is 3.94.